The van der Waals surface area contributed by atoms with Gasteiger partial charge in [0.25, 0.3) is 0 Å². The minimum Gasteiger partial charge on any atom is -0.389 e. The van der Waals surface area contributed by atoms with Crippen molar-refractivity contribution in [2.45, 2.75) is 213 Å². The van der Waals surface area contributed by atoms with Gasteiger partial charge in [-0.15, -0.1) is 0 Å². The van der Waals surface area contributed by atoms with Crippen LogP contribution in [0, 0.1) is 40.9 Å². The van der Waals surface area contributed by atoms with Gasteiger partial charge in [-0.05, 0) is 93.3 Å². The third-order valence-corrected chi connectivity index (χ3v) is 13.6. The monoisotopic (exact) mass is 571 g/mol. The van der Waals surface area contributed by atoms with Crippen LogP contribution in [0.1, 0.15) is 207 Å². The van der Waals surface area contributed by atoms with Crippen molar-refractivity contribution in [2.24, 2.45) is 40.9 Å². The van der Waals surface area contributed by atoms with E-state index in [4.69, 9.17) is 0 Å². The maximum atomic E-state index is 13.1. The molecule has 0 amide bonds. The number of hydrogen-bond donors (Lipinski definition) is 1. The molecule has 8 unspecified atom stereocenters. The lowest BCUT2D eigenvalue weighted by atomic mass is 9.38. The van der Waals surface area contributed by atoms with Crippen LogP contribution in [-0.4, -0.2) is 10.7 Å². The highest BCUT2D eigenvalue weighted by Crippen LogP contribution is 2.75. The van der Waals surface area contributed by atoms with Crippen molar-refractivity contribution >= 4 is 0 Å². The van der Waals surface area contributed by atoms with Gasteiger partial charge in [0, 0.05) is 5.41 Å². The van der Waals surface area contributed by atoms with E-state index >= 15 is 0 Å². The predicted molar refractivity (Wildman–Crippen MR) is 179 cm³/mol. The largest absolute Gasteiger partial charge is 0.389 e. The van der Waals surface area contributed by atoms with Crippen LogP contribution in [0.4, 0.5) is 0 Å². The lowest BCUT2D eigenvalue weighted by Crippen LogP contribution is -2.71. The van der Waals surface area contributed by atoms with Crippen molar-refractivity contribution in [1.29, 1.82) is 0 Å². The van der Waals surface area contributed by atoms with E-state index < -0.39 is 0 Å². The van der Waals surface area contributed by atoms with Crippen molar-refractivity contribution in [3.05, 3.63) is 0 Å². The maximum absolute atomic E-state index is 13.1. The molecule has 0 aliphatic heterocycles. The van der Waals surface area contributed by atoms with Gasteiger partial charge in [-0.3, -0.25) is 0 Å². The molecule has 4 rings (SSSR count). The summed E-state index contributed by atoms with van der Waals surface area (Å²) in [4.78, 5) is 0. The number of fused-ring (bicyclic) bond motifs is 1. The van der Waals surface area contributed by atoms with Crippen LogP contribution in [0.3, 0.4) is 0 Å². The fourth-order valence-corrected chi connectivity index (χ4v) is 11.8. The average Bonchev–Trinajstić information content (AvgIpc) is 3.32. The Kier molecular flexibility index (Phi) is 14.4. The van der Waals surface area contributed by atoms with E-state index in [1.54, 1.807) is 0 Å². The summed E-state index contributed by atoms with van der Waals surface area (Å²) in [7, 11) is 0. The Hall–Kier alpha value is -0.0400. The number of unbranched alkanes of at least 4 members (excludes halogenated alkanes) is 15. The lowest BCUT2D eigenvalue weighted by molar-refractivity contribution is -0.286. The second kappa shape index (κ2) is 17.4. The van der Waals surface area contributed by atoms with E-state index in [2.05, 4.69) is 20.8 Å². The average molecular weight is 571 g/mol. The Balaban J connectivity index is 1.27. The number of hydrogen-bond acceptors (Lipinski definition) is 1. The molecule has 1 N–H and O–H groups in total. The molecule has 1 spiro atoms. The molecule has 1 heteroatoms. The van der Waals surface area contributed by atoms with Crippen LogP contribution < -0.4 is 0 Å². The Labute approximate surface area is 258 Å². The summed E-state index contributed by atoms with van der Waals surface area (Å²) in [6.45, 7) is 7.09. The Morgan fingerprint density at radius 1 is 0.488 bits per heavy atom. The molecule has 0 aromatic rings. The maximum Gasteiger partial charge on any atom is 0.0767 e. The Morgan fingerprint density at radius 2 is 1.00 bits per heavy atom. The first kappa shape index (κ1) is 33.8. The summed E-state index contributed by atoms with van der Waals surface area (Å²) in [6, 6.07) is 0. The number of rotatable bonds is 21. The highest BCUT2D eigenvalue weighted by molar-refractivity contribution is 5.23. The normalized spacial score (nSPS) is 36.3. The van der Waals surface area contributed by atoms with E-state index in [1.165, 1.54) is 186 Å². The van der Waals surface area contributed by atoms with Gasteiger partial charge in [-0.2, -0.15) is 0 Å². The summed E-state index contributed by atoms with van der Waals surface area (Å²) >= 11 is 0. The molecule has 0 radical (unpaired) electrons. The predicted octanol–water partition coefficient (Wildman–Crippen LogP) is 12.8. The van der Waals surface area contributed by atoms with Crippen molar-refractivity contribution in [1.82, 2.24) is 0 Å². The molecule has 0 saturated heterocycles. The van der Waals surface area contributed by atoms with Gasteiger partial charge in [0.15, 0.2) is 0 Å². The van der Waals surface area contributed by atoms with Gasteiger partial charge in [0.2, 0.25) is 0 Å². The first-order valence-electron chi connectivity index (χ1n) is 19.9. The summed E-state index contributed by atoms with van der Waals surface area (Å²) in [5.41, 5.74) is -0.0456. The third-order valence-electron chi connectivity index (χ3n) is 13.6. The van der Waals surface area contributed by atoms with Crippen LogP contribution in [-0.2, 0) is 0 Å². The molecule has 240 valence electrons. The van der Waals surface area contributed by atoms with Crippen LogP contribution in [0.2, 0.25) is 0 Å². The van der Waals surface area contributed by atoms with Crippen LogP contribution in [0.5, 0.6) is 0 Å². The zero-order chi connectivity index (χ0) is 29.0. The fourth-order valence-electron chi connectivity index (χ4n) is 11.8. The summed E-state index contributed by atoms with van der Waals surface area (Å²) < 4.78 is 0. The zero-order valence-electron chi connectivity index (χ0n) is 28.4. The van der Waals surface area contributed by atoms with E-state index in [0.29, 0.717) is 11.8 Å². The van der Waals surface area contributed by atoms with Crippen molar-refractivity contribution < 1.29 is 5.11 Å². The van der Waals surface area contributed by atoms with Crippen LogP contribution >= 0.6 is 0 Å². The lowest BCUT2D eigenvalue weighted by Gasteiger charge is -2.69. The van der Waals surface area contributed by atoms with E-state index in [1.807, 2.05) is 0 Å². The first-order valence-corrected chi connectivity index (χ1v) is 19.9. The fraction of sp³-hybridized carbons (Fsp3) is 1.00. The Bertz CT molecular complexity index is 701. The molecular formula is C40H74O. The van der Waals surface area contributed by atoms with Crippen molar-refractivity contribution in [3.8, 4) is 0 Å². The van der Waals surface area contributed by atoms with E-state index in [-0.39, 0.29) is 11.0 Å². The summed E-state index contributed by atoms with van der Waals surface area (Å²) in [6.07, 6.45) is 41.2. The van der Waals surface area contributed by atoms with Gasteiger partial charge in [0.05, 0.1) is 5.60 Å². The molecule has 0 aromatic carbocycles. The van der Waals surface area contributed by atoms with Crippen LogP contribution in [0.15, 0.2) is 0 Å². The second-order valence-electron chi connectivity index (χ2n) is 15.9. The Morgan fingerprint density at radius 3 is 1.59 bits per heavy atom. The number of aliphatic hydroxyl groups is 1. The third kappa shape index (κ3) is 7.61. The van der Waals surface area contributed by atoms with Gasteiger partial charge in [-0.1, -0.05) is 149 Å². The molecular weight excluding hydrogens is 496 g/mol. The van der Waals surface area contributed by atoms with Gasteiger partial charge in [0.1, 0.15) is 0 Å². The molecule has 0 heterocycles. The van der Waals surface area contributed by atoms with Gasteiger partial charge < -0.3 is 5.11 Å². The van der Waals surface area contributed by atoms with Crippen molar-refractivity contribution in [3.63, 3.8) is 0 Å². The summed E-state index contributed by atoms with van der Waals surface area (Å²) in [5, 5.41) is 13.1. The highest BCUT2D eigenvalue weighted by Gasteiger charge is 2.74. The van der Waals surface area contributed by atoms with Gasteiger partial charge in [-0.25, -0.2) is 0 Å². The zero-order valence-corrected chi connectivity index (χ0v) is 28.4. The quantitative estimate of drug-likeness (QED) is 0.136. The van der Waals surface area contributed by atoms with Crippen molar-refractivity contribution in [2.75, 3.05) is 0 Å². The SMILES string of the molecule is CCCCCCCCCCCCCCCCCC1C(CCC)CCC2CCC3CCCC4CC(CCCC)C4(O)C321. The topological polar surface area (TPSA) is 20.2 Å². The smallest absolute Gasteiger partial charge is 0.0767 e. The molecule has 0 bridgehead atoms. The molecule has 1 nitrogen and oxygen atoms in total. The molecule has 41 heavy (non-hydrogen) atoms. The second-order valence-corrected chi connectivity index (χ2v) is 15.9. The minimum absolute atomic E-state index is 0.277. The van der Waals surface area contributed by atoms with Crippen LogP contribution in [0.25, 0.3) is 0 Å². The molecule has 8 atom stereocenters. The standard InChI is InChI=1S/C40H74O/c1-4-7-9-10-11-12-13-14-15-16-17-18-19-20-21-27-38-33(23-6-3)28-29-35-31-30-34-25-22-26-37-32-36(24-8-5-2)40(37,41)39(34,35)38/h33-38,41H,4-32H2,1-3H3. The molecule has 4 saturated carbocycles. The van der Waals surface area contributed by atoms with E-state index in [0.717, 1.165) is 23.7 Å². The molecule has 0 aromatic heterocycles. The molecule has 4 fully saturated rings. The first-order chi connectivity index (χ1) is 20.1. The summed E-state index contributed by atoms with van der Waals surface area (Å²) in [5.74, 6) is 4.59. The highest BCUT2D eigenvalue weighted by atomic mass is 16.3. The molecule has 4 aliphatic carbocycles. The molecule has 4 aliphatic rings. The minimum atomic E-state index is -0.322. The van der Waals surface area contributed by atoms with Gasteiger partial charge >= 0.3 is 0 Å². The van der Waals surface area contributed by atoms with E-state index in [9.17, 15) is 5.11 Å².